The minimum absolute atomic E-state index is 0.00488. The van der Waals surface area contributed by atoms with Gasteiger partial charge in [-0.3, -0.25) is 9.36 Å². The van der Waals surface area contributed by atoms with Crippen molar-refractivity contribution in [2.24, 2.45) is 0 Å². The molecule has 0 saturated carbocycles. The maximum Gasteiger partial charge on any atom is 0.230 e. The van der Waals surface area contributed by atoms with Crippen LogP contribution in [0.1, 0.15) is 32.4 Å². The monoisotopic (exact) mass is 349 g/mol. The molecule has 1 aliphatic rings. The van der Waals surface area contributed by atoms with E-state index in [1.165, 1.54) is 24.6 Å². The number of anilines is 1. The summed E-state index contributed by atoms with van der Waals surface area (Å²) < 4.78 is 7.51. The number of rotatable bonds is 7. The quantitative estimate of drug-likeness (QED) is 0.772. The lowest BCUT2D eigenvalue weighted by Gasteiger charge is -2.17. The van der Waals surface area contributed by atoms with Crippen LogP contribution < -0.4 is 10.2 Å². The minimum atomic E-state index is 0.00488. The summed E-state index contributed by atoms with van der Waals surface area (Å²) in [7, 11) is 0. The van der Waals surface area contributed by atoms with Gasteiger partial charge in [0.05, 0.1) is 18.6 Å². The molecule has 3 rings (SSSR count). The summed E-state index contributed by atoms with van der Waals surface area (Å²) in [4.78, 5) is 14.1. The van der Waals surface area contributed by atoms with E-state index in [0.29, 0.717) is 12.3 Å². The molecule has 0 aliphatic carbocycles. The lowest BCUT2D eigenvalue weighted by Crippen LogP contribution is -2.31. The third kappa shape index (κ3) is 4.11. The van der Waals surface area contributed by atoms with E-state index in [1.54, 1.807) is 6.26 Å². The second-order valence-corrected chi connectivity index (χ2v) is 7.10. The topological polar surface area (TPSA) is 76.2 Å². The number of hydrogen-bond acceptors (Lipinski definition) is 6. The fourth-order valence-electron chi connectivity index (χ4n) is 2.73. The molecule has 0 bridgehead atoms. The first-order chi connectivity index (χ1) is 11.6. The van der Waals surface area contributed by atoms with Crippen LogP contribution in [0, 0.1) is 0 Å². The molecule has 1 N–H and O–H groups in total. The van der Waals surface area contributed by atoms with Crippen molar-refractivity contribution < 1.29 is 9.21 Å². The Balaban J connectivity index is 1.76. The van der Waals surface area contributed by atoms with Crippen molar-refractivity contribution in [2.75, 3.05) is 23.7 Å². The highest BCUT2D eigenvalue weighted by atomic mass is 32.2. The molecule has 1 saturated heterocycles. The van der Waals surface area contributed by atoms with Crippen molar-refractivity contribution in [3.63, 3.8) is 0 Å². The molecule has 3 heterocycles. The van der Waals surface area contributed by atoms with Crippen LogP contribution in [-0.2, 0) is 11.3 Å². The summed E-state index contributed by atoms with van der Waals surface area (Å²) in [5, 5.41) is 12.3. The Labute approximate surface area is 145 Å². The molecule has 2 aromatic heterocycles. The normalized spacial score (nSPS) is 14.5. The van der Waals surface area contributed by atoms with E-state index in [9.17, 15) is 4.79 Å². The number of nitrogens with one attached hydrogen (secondary N) is 1. The molecule has 0 spiro atoms. The Kier molecular flexibility index (Phi) is 5.44. The SMILES string of the molecule is CC(C)NC(=O)CSc1nnc(N2CCCC2)n1Cc1ccco1. The summed E-state index contributed by atoms with van der Waals surface area (Å²) in [6.07, 6.45) is 4.01. The van der Waals surface area contributed by atoms with E-state index in [-0.39, 0.29) is 11.9 Å². The van der Waals surface area contributed by atoms with Crippen molar-refractivity contribution >= 4 is 23.6 Å². The van der Waals surface area contributed by atoms with Crippen LogP contribution in [0.2, 0.25) is 0 Å². The number of carbonyl (C=O) groups excluding carboxylic acids is 1. The first-order valence-corrected chi connectivity index (χ1v) is 9.24. The number of amides is 1. The van der Waals surface area contributed by atoms with Crippen LogP contribution in [-0.4, -0.2) is 45.6 Å². The van der Waals surface area contributed by atoms with Gasteiger partial charge in [0.25, 0.3) is 0 Å². The summed E-state index contributed by atoms with van der Waals surface area (Å²) >= 11 is 1.41. The Morgan fingerprint density at radius 3 is 2.83 bits per heavy atom. The van der Waals surface area contributed by atoms with Crippen LogP contribution in [0.5, 0.6) is 0 Å². The van der Waals surface area contributed by atoms with E-state index in [0.717, 1.165) is 30.0 Å². The Bertz CT molecular complexity index is 662. The van der Waals surface area contributed by atoms with Gasteiger partial charge in [-0.25, -0.2) is 0 Å². The molecule has 7 nitrogen and oxygen atoms in total. The van der Waals surface area contributed by atoms with E-state index in [4.69, 9.17) is 4.42 Å². The van der Waals surface area contributed by atoms with Crippen LogP contribution in [0.25, 0.3) is 0 Å². The van der Waals surface area contributed by atoms with Crippen LogP contribution >= 0.6 is 11.8 Å². The molecule has 2 aromatic rings. The second-order valence-electron chi connectivity index (χ2n) is 6.15. The Morgan fingerprint density at radius 1 is 1.38 bits per heavy atom. The first kappa shape index (κ1) is 16.9. The van der Waals surface area contributed by atoms with E-state index in [2.05, 4.69) is 20.4 Å². The van der Waals surface area contributed by atoms with Gasteiger partial charge in [-0.2, -0.15) is 0 Å². The van der Waals surface area contributed by atoms with Crippen molar-refractivity contribution in [1.82, 2.24) is 20.1 Å². The van der Waals surface area contributed by atoms with E-state index >= 15 is 0 Å². The molecule has 0 radical (unpaired) electrons. The van der Waals surface area contributed by atoms with Crippen LogP contribution in [0.4, 0.5) is 5.95 Å². The van der Waals surface area contributed by atoms with Crippen LogP contribution in [0.15, 0.2) is 28.0 Å². The first-order valence-electron chi connectivity index (χ1n) is 8.26. The van der Waals surface area contributed by atoms with E-state index in [1.807, 2.05) is 30.5 Å². The molecule has 0 unspecified atom stereocenters. The standard InChI is InChI=1S/C16H23N5O2S/c1-12(2)17-14(22)11-24-16-19-18-15(20-7-3-4-8-20)21(16)10-13-6-5-9-23-13/h5-6,9,12H,3-4,7-8,10-11H2,1-2H3,(H,17,22). The third-order valence-electron chi connectivity index (χ3n) is 3.76. The molecule has 24 heavy (non-hydrogen) atoms. The molecule has 0 aromatic carbocycles. The highest BCUT2D eigenvalue weighted by molar-refractivity contribution is 7.99. The number of nitrogens with zero attached hydrogens (tertiary/aromatic N) is 4. The average Bonchev–Trinajstić information content (AvgIpc) is 3.27. The molecule has 1 fully saturated rings. The highest BCUT2D eigenvalue weighted by Crippen LogP contribution is 2.25. The van der Waals surface area contributed by atoms with E-state index < -0.39 is 0 Å². The highest BCUT2D eigenvalue weighted by Gasteiger charge is 2.22. The summed E-state index contributed by atoms with van der Waals surface area (Å²) in [5.74, 6) is 2.04. The second kappa shape index (κ2) is 7.74. The van der Waals surface area contributed by atoms with Gasteiger partial charge in [0.1, 0.15) is 5.76 Å². The number of furan rings is 1. The predicted molar refractivity (Wildman–Crippen MR) is 93.3 cm³/mol. The zero-order valence-corrected chi connectivity index (χ0v) is 14.9. The predicted octanol–water partition coefficient (Wildman–Crippen LogP) is 2.14. The zero-order chi connectivity index (χ0) is 16.9. The van der Waals surface area contributed by atoms with Crippen LogP contribution in [0.3, 0.4) is 0 Å². The lowest BCUT2D eigenvalue weighted by molar-refractivity contribution is -0.119. The summed E-state index contributed by atoms with van der Waals surface area (Å²) in [5.41, 5.74) is 0. The molecule has 8 heteroatoms. The molecule has 130 valence electrons. The summed E-state index contributed by atoms with van der Waals surface area (Å²) in [6.45, 7) is 6.46. The summed E-state index contributed by atoms with van der Waals surface area (Å²) in [6, 6.07) is 3.95. The average molecular weight is 349 g/mol. The molecular weight excluding hydrogens is 326 g/mol. The number of carbonyl (C=O) groups is 1. The Morgan fingerprint density at radius 2 is 2.17 bits per heavy atom. The van der Waals surface area contributed by atoms with Gasteiger partial charge in [0.15, 0.2) is 5.16 Å². The largest absolute Gasteiger partial charge is 0.467 e. The molecule has 1 aliphatic heterocycles. The zero-order valence-electron chi connectivity index (χ0n) is 14.1. The van der Waals surface area contributed by atoms with Gasteiger partial charge in [-0.15, -0.1) is 10.2 Å². The van der Waals surface area contributed by atoms with Gasteiger partial charge >= 0.3 is 0 Å². The van der Waals surface area contributed by atoms with Crippen molar-refractivity contribution in [3.8, 4) is 0 Å². The fourth-order valence-corrected chi connectivity index (χ4v) is 3.47. The van der Waals surface area contributed by atoms with Crippen molar-refractivity contribution in [2.45, 2.75) is 44.4 Å². The fraction of sp³-hybridized carbons (Fsp3) is 0.562. The molecule has 0 atom stereocenters. The maximum atomic E-state index is 11.9. The number of thioether (sulfide) groups is 1. The smallest absolute Gasteiger partial charge is 0.230 e. The maximum absolute atomic E-state index is 11.9. The van der Waals surface area contributed by atoms with Gasteiger partial charge in [-0.05, 0) is 38.8 Å². The third-order valence-corrected chi connectivity index (χ3v) is 4.73. The molecular formula is C16H23N5O2S. The van der Waals surface area contributed by atoms with Crippen molar-refractivity contribution in [3.05, 3.63) is 24.2 Å². The van der Waals surface area contributed by atoms with Gasteiger partial charge in [-0.1, -0.05) is 11.8 Å². The van der Waals surface area contributed by atoms with Gasteiger partial charge < -0.3 is 14.6 Å². The molecule has 1 amide bonds. The number of hydrogen-bond donors (Lipinski definition) is 1. The lowest BCUT2D eigenvalue weighted by atomic mass is 10.4. The van der Waals surface area contributed by atoms with Crippen molar-refractivity contribution in [1.29, 1.82) is 0 Å². The van der Waals surface area contributed by atoms with Gasteiger partial charge in [0.2, 0.25) is 11.9 Å². The Hall–Kier alpha value is -1.96. The van der Waals surface area contributed by atoms with Gasteiger partial charge in [0, 0.05) is 19.1 Å². The minimum Gasteiger partial charge on any atom is -0.467 e. The number of aromatic nitrogens is 3.